The van der Waals surface area contributed by atoms with Gasteiger partial charge in [0, 0.05) is 0 Å². The zero-order valence-electron chi connectivity index (χ0n) is 7.81. The van der Waals surface area contributed by atoms with Gasteiger partial charge in [0.15, 0.2) is 0 Å². The summed E-state index contributed by atoms with van der Waals surface area (Å²) in [7, 11) is 0. The average Bonchev–Trinajstić information content (AvgIpc) is 2.10. The van der Waals surface area contributed by atoms with Crippen LogP contribution in [-0.4, -0.2) is 0 Å². The second-order valence-corrected chi connectivity index (χ2v) is 2.81. The summed E-state index contributed by atoms with van der Waals surface area (Å²) < 4.78 is 0. The molecule has 0 nitrogen and oxygen atoms in total. The van der Waals surface area contributed by atoms with Gasteiger partial charge in [-0.05, 0) is 37.8 Å². The number of allylic oxidation sites excluding steroid dienone is 2. The fourth-order valence-electron chi connectivity index (χ4n) is 1.05. The minimum atomic E-state index is 1.13. The van der Waals surface area contributed by atoms with Gasteiger partial charge in [0.25, 0.3) is 0 Å². The van der Waals surface area contributed by atoms with E-state index < -0.39 is 0 Å². The maximum absolute atomic E-state index is 3.52. The standard InChI is InChI=1S/C12H18/c1-3-5-7-9-11-12-10-8-6-4-2/h5-6H,1-2,7-12H2. The summed E-state index contributed by atoms with van der Waals surface area (Å²) in [6.07, 6.45) is 11.4. The van der Waals surface area contributed by atoms with Crippen LogP contribution >= 0.6 is 0 Å². The quantitative estimate of drug-likeness (QED) is 0.392. The van der Waals surface area contributed by atoms with E-state index in [2.05, 4.69) is 24.6 Å². The van der Waals surface area contributed by atoms with E-state index >= 15 is 0 Å². The highest BCUT2D eigenvalue weighted by Crippen LogP contribution is 2.05. The molecule has 0 aliphatic heterocycles. The van der Waals surface area contributed by atoms with Gasteiger partial charge in [-0.2, -0.15) is 0 Å². The van der Waals surface area contributed by atoms with Crippen LogP contribution in [0, 0.1) is 0 Å². The van der Waals surface area contributed by atoms with Crippen LogP contribution in [-0.2, 0) is 0 Å². The Morgan fingerprint density at radius 1 is 0.750 bits per heavy atom. The lowest BCUT2D eigenvalue weighted by molar-refractivity contribution is 0.653. The molecule has 0 aliphatic carbocycles. The lowest BCUT2D eigenvalue weighted by Crippen LogP contribution is -1.75. The Bertz CT molecular complexity index is 154. The summed E-state index contributed by atoms with van der Waals surface area (Å²) in [4.78, 5) is 0. The Morgan fingerprint density at radius 3 is 1.50 bits per heavy atom. The molecule has 0 rings (SSSR count). The molecule has 0 amide bonds. The molecule has 0 unspecified atom stereocenters. The van der Waals surface area contributed by atoms with Gasteiger partial charge in [0.05, 0.1) is 0 Å². The number of hydrogen-bond acceptors (Lipinski definition) is 0. The van der Waals surface area contributed by atoms with Crippen LogP contribution in [0.2, 0.25) is 0 Å². The molecule has 0 bridgehead atoms. The molecule has 0 aliphatic rings. The fourth-order valence-corrected chi connectivity index (χ4v) is 1.05. The third-order valence-corrected chi connectivity index (χ3v) is 1.74. The number of hydrogen-bond donors (Lipinski definition) is 0. The van der Waals surface area contributed by atoms with Crippen LogP contribution in [0.3, 0.4) is 0 Å². The van der Waals surface area contributed by atoms with Crippen molar-refractivity contribution in [3.8, 4) is 0 Å². The maximum Gasteiger partial charge on any atom is -0.0275 e. The monoisotopic (exact) mass is 162 g/mol. The molecule has 12 heavy (non-hydrogen) atoms. The van der Waals surface area contributed by atoms with Gasteiger partial charge in [-0.3, -0.25) is 0 Å². The molecule has 0 spiro atoms. The Labute approximate surface area is 76.0 Å². The number of unbranched alkanes of at least 4 members (excludes halogenated alkanes) is 5. The zero-order chi connectivity index (χ0) is 9.07. The molecule has 0 atom stereocenters. The van der Waals surface area contributed by atoms with Crippen molar-refractivity contribution < 1.29 is 0 Å². The van der Waals surface area contributed by atoms with Gasteiger partial charge in [-0.25, -0.2) is 0 Å². The summed E-state index contributed by atoms with van der Waals surface area (Å²) in [5.41, 5.74) is 5.56. The lowest BCUT2D eigenvalue weighted by atomic mass is 10.1. The van der Waals surface area contributed by atoms with E-state index in [0.29, 0.717) is 0 Å². The second kappa shape index (κ2) is 10.0. The molecule has 0 radical (unpaired) electrons. The van der Waals surface area contributed by atoms with Gasteiger partial charge in [0.2, 0.25) is 0 Å². The molecule has 0 saturated carbocycles. The SMILES string of the molecule is C=C=CCCCCCCC=C=C. The van der Waals surface area contributed by atoms with Crippen molar-refractivity contribution in [3.05, 3.63) is 36.8 Å². The summed E-state index contributed by atoms with van der Waals surface area (Å²) in [6.45, 7) is 7.04. The third kappa shape index (κ3) is 9.04. The van der Waals surface area contributed by atoms with Crippen molar-refractivity contribution >= 4 is 0 Å². The largest absolute Gasteiger partial charge is 0.133 e. The molecule has 0 aromatic rings. The molecule has 0 aromatic heterocycles. The molecular weight excluding hydrogens is 144 g/mol. The first-order valence-corrected chi connectivity index (χ1v) is 4.60. The highest BCUT2D eigenvalue weighted by Gasteiger charge is 1.86. The maximum atomic E-state index is 3.52. The van der Waals surface area contributed by atoms with Crippen LogP contribution in [0.5, 0.6) is 0 Å². The Kier molecular flexibility index (Phi) is 9.24. The van der Waals surface area contributed by atoms with Crippen LogP contribution in [0.1, 0.15) is 38.5 Å². The van der Waals surface area contributed by atoms with Crippen molar-refractivity contribution in [2.75, 3.05) is 0 Å². The van der Waals surface area contributed by atoms with E-state index in [1.165, 1.54) is 25.7 Å². The van der Waals surface area contributed by atoms with Crippen LogP contribution in [0.4, 0.5) is 0 Å². The van der Waals surface area contributed by atoms with E-state index in [4.69, 9.17) is 0 Å². The molecule has 0 N–H and O–H groups in total. The third-order valence-electron chi connectivity index (χ3n) is 1.74. The van der Waals surface area contributed by atoms with Crippen LogP contribution < -0.4 is 0 Å². The smallest absolute Gasteiger partial charge is 0.0275 e. The normalized spacial score (nSPS) is 8.33. The lowest BCUT2D eigenvalue weighted by Gasteiger charge is -1.95. The van der Waals surface area contributed by atoms with E-state index in [9.17, 15) is 0 Å². The first kappa shape index (κ1) is 11.0. The molecule has 66 valence electrons. The van der Waals surface area contributed by atoms with E-state index in [1.54, 1.807) is 0 Å². The minimum absolute atomic E-state index is 1.13. The summed E-state index contributed by atoms with van der Waals surface area (Å²) in [5.74, 6) is 0. The van der Waals surface area contributed by atoms with E-state index in [0.717, 1.165) is 12.8 Å². The molecular formula is C12H18. The van der Waals surface area contributed by atoms with Crippen molar-refractivity contribution in [3.63, 3.8) is 0 Å². The van der Waals surface area contributed by atoms with Gasteiger partial charge in [0.1, 0.15) is 0 Å². The van der Waals surface area contributed by atoms with Gasteiger partial charge in [-0.15, -0.1) is 11.5 Å². The summed E-state index contributed by atoms with van der Waals surface area (Å²) >= 11 is 0. The van der Waals surface area contributed by atoms with Gasteiger partial charge >= 0.3 is 0 Å². The molecule has 0 fully saturated rings. The first-order chi connectivity index (χ1) is 5.91. The van der Waals surface area contributed by atoms with Crippen LogP contribution in [0.15, 0.2) is 36.8 Å². The van der Waals surface area contributed by atoms with Crippen LogP contribution in [0.25, 0.3) is 0 Å². The first-order valence-electron chi connectivity index (χ1n) is 4.60. The van der Waals surface area contributed by atoms with Crippen molar-refractivity contribution in [1.82, 2.24) is 0 Å². The Balaban J connectivity index is 3.00. The highest BCUT2D eigenvalue weighted by molar-refractivity contribution is 4.76. The predicted octanol–water partition coefficient (Wildman–Crippen LogP) is 4.01. The van der Waals surface area contributed by atoms with Crippen molar-refractivity contribution in [2.24, 2.45) is 0 Å². The molecule has 0 heterocycles. The molecule has 0 saturated heterocycles. The highest BCUT2D eigenvalue weighted by atomic mass is 13.9. The summed E-state index contributed by atoms with van der Waals surface area (Å²) in [6, 6.07) is 0. The Hall–Kier alpha value is -0.960. The predicted molar refractivity (Wildman–Crippen MR) is 55.1 cm³/mol. The minimum Gasteiger partial charge on any atom is -0.133 e. The summed E-state index contributed by atoms with van der Waals surface area (Å²) in [5, 5.41) is 0. The average molecular weight is 162 g/mol. The molecule has 0 aromatic carbocycles. The van der Waals surface area contributed by atoms with Gasteiger partial charge in [-0.1, -0.05) is 26.0 Å². The fraction of sp³-hybridized carbons (Fsp3) is 0.500. The van der Waals surface area contributed by atoms with E-state index in [-0.39, 0.29) is 0 Å². The van der Waals surface area contributed by atoms with E-state index in [1.807, 2.05) is 12.2 Å². The zero-order valence-corrected chi connectivity index (χ0v) is 7.81. The Morgan fingerprint density at radius 2 is 1.17 bits per heavy atom. The topological polar surface area (TPSA) is 0 Å². The van der Waals surface area contributed by atoms with Crippen molar-refractivity contribution in [1.29, 1.82) is 0 Å². The second-order valence-electron chi connectivity index (χ2n) is 2.81. The molecule has 0 heteroatoms. The number of rotatable bonds is 7. The van der Waals surface area contributed by atoms with Crippen molar-refractivity contribution in [2.45, 2.75) is 38.5 Å². The van der Waals surface area contributed by atoms with Gasteiger partial charge < -0.3 is 0 Å².